The van der Waals surface area contributed by atoms with Crippen LogP contribution >= 0.6 is 22.9 Å². The third kappa shape index (κ3) is 2.35. The summed E-state index contributed by atoms with van der Waals surface area (Å²) in [6.45, 7) is 0. The van der Waals surface area contributed by atoms with Crippen LogP contribution in [0.2, 0.25) is 5.02 Å². The fourth-order valence-corrected chi connectivity index (χ4v) is 2.81. The molecule has 1 aromatic heterocycles. The maximum atomic E-state index is 10.9. The lowest BCUT2D eigenvalue weighted by Gasteiger charge is -2.08. The van der Waals surface area contributed by atoms with Gasteiger partial charge in [0.25, 0.3) is 0 Å². The molecule has 1 heterocycles. The van der Waals surface area contributed by atoms with Crippen molar-refractivity contribution in [1.29, 1.82) is 0 Å². The first-order valence-corrected chi connectivity index (χ1v) is 7.08. The summed E-state index contributed by atoms with van der Waals surface area (Å²) in [7, 11) is 0. The van der Waals surface area contributed by atoms with Crippen LogP contribution in [-0.2, 0) is 0 Å². The minimum atomic E-state index is -0.953. The second-order valence-electron chi connectivity index (χ2n) is 4.14. The van der Waals surface area contributed by atoms with Gasteiger partial charge < -0.3 is 9.84 Å². The van der Waals surface area contributed by atoms with Crippen LogP contribution in [0.1, 0.15) is 9.67 Å². The topological polar surface area (TPSA) is 46.5 Å². The summed E-state index contributed by atoms with van der Waals surface area (Å²) in [4.78, 5) is 11.1. The predicted octanol–water partition coefficient (Wildman–Crippen LogP) is 5.05. The van der Waals surface area contributed by atoms with E-state index in [0.29, 0.717) is 16.5 Å². The number of fused-ring (bicyclic) bond motifs is 1. The minimum absolute atomic E-state index is 0.248. The van der Waals surface area contributed by atoms with Gasteiger partial charge in [0.05, 0.1) is 0 Å². The molecule has 0 unspecified atom stereocenters. The third-order valence-corrected chi connectivity index (χ3v) is 4.07. The summed E-state index contributed by atoms with van der Waals surface area (Å²) in [6.07, 6.45) is 0. The molecule has 20 heavy (non-hydrogen) atoms. The van der Waals surface area contributed by atoms with E-state index in [2.05, 4.69) is 0 Å². The first kappa shape index (κ1) is 13.0. The molecule has 0 fully saturated rings. The Kier molecular flexibility index (Phi) is 3.34. The molecule has 0 saturated heterocycles. The Labute approximate surface area is 124 Å². The number of carboxylic acid groups (broad SMARTS) is 1. The summed E-state index contributed by atoms with van der Waals surface area (Å²) < 4.78 is 5.77. The highest BCUT2D eigenvalue weighted by Crippen LogP contribution is 2.35. The highest BCUT2D eigenvalue weighted by molar-refractivity contribution is 7.12. The molecule has 0 radical (unpaired) electrons. The van der Waals surface area contributed by atoms with Crippen LogP contribution in [0, 0.1) is 0 Å². The summed E-state index contributed by atoms with van der Waals surface area (Å²) >= 11 is 7.28. The number of ether oxygens (including phenoxy) is 1. The molecule has 3 aromatic rings. The number of hydrogen-bond donors (Lipinski definition) is 1. The average Bonchev–Trinajstić information content (AvgIpc) is 2.91. The fourth-order valence-electron chi connectivity index (χ4n) is 1.94. The van der Waals surface area contributed by atoms with Crippen LogP contribution in [0.25, 0.3) is 10.8 Å². The second kappa shape index (κ2) is 5.15. The Balaban J connectivity index is 2.02. The van der Waals surface area contributed by atoms with Gasteiger partial charge in [0.1, 0.15) is 16.4 Å². The molecular weight excluding hydrogens is 296 g/mol. The number of benzene rings is 2. The van der Waals surface area contributed by atoms with Crippen LogP contribution < -0.4 is 4.74 Å². The van der Waals surface area contributed by atoms with E-state index >= 15 is 0 Å². The Morgan fingerprint density at radius 2 is 1.90 bits per heavy atom. The molecule has 0 aliphatic rings. The van der Waals surface area contributed by atoms with Gasteiger partial charge in [0.15, 0.2) is 0 Å². The van der Waals surface area contributed by atoms with E-state index in [-0.39, 0.29) is 4.88 Å². The van der Waals surface area contributed by atoms with Crippen molar-refractivity contribution in [3.63, 3.8) is 0 Å². The van der Waals surface area contributed by atoms with Crippen molar-refractivity contribution in [3.05, 3.63) is 57.7 Å². The predicted molar refractivity (Wildman–Crippen MR) is 80.3 cm³/mol. The van der Waals surface area contributed by atoms with Gasteiger partial charge in [-0.1, -0.05) is 35.9 Å². The number of halogens is 1. The van der Waals surface area contributed by atoms with Crippen LogP contribution in [0.4, 0.5) is 0 Å². The molecular formula is C15H9ClO3S. The maximum absolute atomic E-state index is 10.9. The normalized spacial score (nSPS) is 10.7. The first-order chi connectivity index (χ1) is 9.65. The van der Waals surface area contributed by atoms with E-state index in [1.54, 1.807) is 17.5 Å². The van der Waals surface area contributed by atoms with E-state index in [0.717, 1.165) is 22.1 Å². The van der Waals surface area contributed by atoms with E-state index in [1.807, 2.05) is 24.3 Å². The van der Waals surface area contributed by atoms with Crippen LogP contribution in [0.15, 0.2) is 47.8 Å². The zero-order valence-corrected chi connectivity index (χ0v) is 11.7. The third-order valence-electron chi connectivity index (χ3n) is 2.84. The molecule has 0 saturated carbocycles. The standard InChI is InChI=1S/C15H9ClO3S/c16-12-5-6-13(11-4-2-1-3-10(11)12)19-9-7-14(15(17)18)20-8-9/h1-8H,(H,17,18). The number of carboxylic acids is 1. The summed E-state index contributed by atoms with van der Waals surface area (Å²) in [5, 5.41) is 13.0. The van der Waals surface area contributed by atoms with Gasteiger partial charge in [0.2, 0.25) is 0 Å². The van der Waals surface area contributed by atoms with E-state index in [4.69, 9.17) is 21.4 Å². The van der Waals surface area contributed by atoms with E-state index in [1.165, 1.54) is 6.07 Å². The highest BCUT2D eigenvalue weighted by atomic mass is 35.5. The van der Waals surface area contributed by atoms with Crippen molar-refractivity contribution in [3.8, 4) is 11.5 Å². The SMILES string of the molecule is O=C(O)c1cc(Oc2ccc(Cl)c3ccccc23)cs1. The molecule has 0 amide bonds. The zero-order chi connectivity index (χ0) is 14.1. The Morgan fingerprint density at radius 3 is 2.60 bits per heavy atom. The lowest BCUT2D eigenvalue weighted by molar-refractivity contribution is 0.0702. The van der Waals surface area contributed by atoms with Crippen molar-refractivity contribution in [1.82, 2.24) is 0 Å². The van der Waals surface area contributed by atoms with Gasteiger partial charge in [0, 0.05) is 27.2 Å². The van der Waals surface area contributed by atoms with Gasteiger partial charge in [-0.3, -0.25) is 0 Å². The molecule has 100 valence electrons. The van der Waals surface area contributed by atoms with Crippen molar-refractivity contribution in [2.45, 2.75) is 0 Å². The molecule has 3 rings (SSSR count). The number of carbonyl (C=O) groups is 1. The van der Waals surface area contributed by atoms with E-state index in [9.17, 15) is 4.79 Å². The molecule has 5 heteroatoms. The van der Waals surface area contributed by atoms with Gasteiger partial charge in [-0.15, -0.1) is 11.3 Å². The van der Waals surface area contributed by atoms with Crippen molar-refractivity contribution in [2.24, 2.45) is 0 Å². The highest BCUT2D eigenvalue weighted by Gasteiger charge is 2.10. The second-order valence-corrected chi connectivity index (χ2v) is 5.46. The molecule has 0 aliphatic heterocycles. The van der Waals surface area contributed by atoms with Gasteiger partial charge >= 0.3 is 5.97 Å². The van der Waals surface area contributed by atoms with Crippen LogP contribution in [0.5, 0.6) is 11.5 Å². The van der Waals surface area contributed by atoms with Crippen molar-refractivity contribution in [2.75, 3.05) is 0 Å². The minimum Gasteiger partial charge on any atom is -0.477 e. The maximum Gasteiger partial charge on any atom is 0.346 e. The summed E-state index contributed by atoms with van der Waals surface area (Å²) in [6, 6.07) is 12.7. The molecule has 0 spiro atoms. The molecule has 2 aromatic carbocycles. The molecule has 0 aliphatic carbocycles. The first-order valence-electron chi connectivity index (χ1n) is 5.82. The van der Waals surface area contributed by atoms with Crippen molar-refractivity contribution < 1.29 is 14.6 Å². The lowest BCUT2D eigenvalue weighted by atomic mass is 10.1. The molecule has 0 atom stereocenters. The van der Waals surface area contributed by atoms with Crippen molar-refractivity contribution >= 4 is 39.7 Å². The Bertz CT molecular complexity index is 795. The van der Waals surface area contributed by atoms with Crippen LogP contribution in [-0.4, -0.2) is 11.1 Å². The number of rotatable bonds is 3. The van der Waals surface area contributed by atoms with Gasteiger partial charge in [-0.05, 0) is 12.1 Å². The Morgan fingerprint density at radius 1 is 1.15 bits per heavy atom. The van der Waals surface area contributed by atoms with Gasteiger partial charge in [-0.25, -0.2) is 4.79 Å². The monoisotopic (exact) mass is 304 g/mol. The molecule has 1 N–H and O–H groups in total. The van der Waals surface area contributed by atoms with Crippen LogP contribution in [0.3, 0.4) is 0 Å². The van der Waals surface area contributed by atoms with Gasteiger partial charge in [-0.2, -0.15) is 0 Å². The smallest absolute Gasteiger partial charge is 0.346 e. The number of aromatic carboxylic acids is 1. The summed E-state index contributed by atoms with van der Waals surface area (Å²) in [5.41, 5.74) is 0. The van der Waals surface area contributed by atoms with E-state index < -0.39 is 5.97 Å². The number of thiophene rings is 1. The fraction of sp³-hybridized carbons (Fsp3) is 0. The molecule has 3 nitrogen and oxygen atoms in total. The number of hydrogen-bond acceptors (Lipinski definition) is 3. The quantitative estimate of drug-likeness (QED) is 0.737. The lowest BCUT2D eigenvalue weighted by Crippen LogP contribution is -1.90. The largest absolute Gasteiger partial charge is 0.477 e. The zero-order valence-electron chi connectivity index (χ0n) is 10.2. The Hall–Kier alpha value is -2.04. The average molecular weight is 305 g/mol. The summed E-state index contributed by atoms with van der Waals surface area (Å²) in [5.74, 6) is 0.213. The molecule has 0 bridgehead atoms.